The fourth-order valence-corrected chi connectivity index (χ4v) is 3.29. The molecular formula is C20H20N4O4. The Morgan fingerprint density at radius 1 is 1.11 bits per heavy atom. The molecule has 0 unspecified atom stereocenters. The Hall–Kier alpha value is -3.26. The van der Waals surface area contributed by atoms with Crippen LogP contribution in [0.5, 0.6) is 0 Å². The number of ether oxygens (including phenoxy) is 1. The van der Waals surface area contributed by atoms with E-state index in [1.807, 2.05) is 12.1 Å². The largest absolute Gasteiger partial charge is 0.378 e. The zero-order valence-corrected chi connectivity index (χ0v) is 15.5. The summed E-state index contributed by atoms with van der Waals surface area (Å²) >= 11 is 0. The fraction of sp³-hybridized carbons (Fsp3) is 0.300. The van der Waals surface area contributed by atoms with Crippen LogP contribution >= 0.6 is 0 Å². The Kier molecular flexibility index (Phi) is 4.79. The number of carbonyl (C=O) groups excluding carboxylic acids is 3. The van der Waals surface area contributed by atoms with Gasteiger partial charge in [-0.15, -0.1) is 0 Å². The van der Waals surface area contributed by atoms with Gasteiger partial charge in [0.2, 0.25) is 0 Å². The van der Waals surface area contributed by atoms with Crippen LogP contribution in [0.3, 0.4) is 0 Å². The van der Waals surface area contributed by atoms with Crippen molar-refractivity contribution < 1.29 is 19.1 Å². The number of amides is 3. The molecule has 0 spiro atoms. The number of imide groups is 1. The molecule has 0 aliphatic carbocycles. The highest BCUT2D eigenvalue weighted by molar-refractivity contribution is 6.21. The summed E-state index contributed by atoms with van der Waals surface area (Å²) in [5, 5.41) is 2.82. The van der Waals surface area contributed by atoms with Crippen molar-refractivity contribution in [1.29, 1.82) is 0 Å². The molecule has 2 aliphatic heterocycles. The minimum absolute atomic E-state index is 0.261. The molecule has 0 radical (unpaired) electrons. The maximum atomic E-state index is 12.4. The third-order valence-electron chi connectivity index (χ3n) is 4.95. The summed E-state index contributed by atoms with van der Waals surface area (Å²) < 4.78 is 5.34. The van der Waals surface area contributed by atoms with Gasteiger partial charge in [-0.05, 0) is 29.8 Å². The second-order valence-corrected chi connectivity index (χ2v) is 6.74. The van der Waals surface area contributed by atoms with Gasteiger partial charge >= 0.3 is 0 Å². The molecule has 1 aromatic heterocycles. The maximum Gasteiger partial charge on any atom is 0.261 e. The van der Waals surface area contributed by atoms with E-state index in [2.05, 4.69) is 15.2 Å². The number of aromatic nitrogens is 1. The lowest BCUT2D eigenvalue weighted by molar-refractivity contribution is 0.0693. The number of nitrogens with one attached hydrogen (secondary N) is 1. The highest BCUT2D eigenvalue weighted by atomic mass is 16.5. The standard InChI is InChI=1S/C20H20N4O4/c1-23-19(26)15-4-3-14(10-16(15)20(23)27)18(25)22-12-13-2-5-17(21-11-13)24-6-8-28-9-7-24/h2-5,10-11H,6-9,12H2,1H3,(H,22,25). The van der Waals surface area contributed by atoms with Crippen molar-refractivity contribution in [3.8, 4) is 0 Å². The molecule has 0 atom stereocenters. The van der Waals surface area contributed by atoms with Crippen LogP contribution in [-0.2, 0) is 11.3 Å². The van der Waals surface area contributed by atoms with Crippen molar-refractivity contribution in [1.82, 2.24) is 15.2 Å². The molecule has 144 valence electrons. The number of pyridine rings is 1. The second-order valence-electron chi connectivity index (χ2n) is 6.74. The van der Waals surface area contributed by atoms with Crippen LogP contribution in [0.4, 0.5) is 5.82 Å². The molecule has 1 fully saturated rings. The molecule has 4 rings (SSSR count). The molecule has 8 nitrogen and oxygen atoms in total. The van der Waals surface area contributed by atoms with Gasteiger partial charge in [-0.1, -0.05) is 6.07 Å². The van der Waals surface area contributed by atoms with Crippen LogP contribution in [0.2, 0.25) is 0 Å². The third-order valence-corrected chi connectivity index (χ3v) is 4.95. The number of hydrogen-bond donors (Lipinski definition) is 1. The first kappa shape index (κ1) is 18.1. The van der Waals surface area contributed by atoms with E-state index in [1.54, 1.807) is 12.3 Å². The zero-order valence-electron chi connectivity index (χ0n) is 15.5. The number of benzene rings is 1. The quantitative estimate of drug-likeness (QED) is 0.798. The van der Waals surface area contributed by atoms with Gasteiger partial charge in [0, 0.05) is 38.4 Å². The second kappa shape index (κ2) is 7.40. The van der Waals surface area contributed by atoms with Gasteiger partial charge in [0.15, 0.2) is 0 Å². The number of fused-ring (bicyclic) bond motifs is 1. The van der Waals surface area contributed by atoms with E-state index in [1.165, 1.54) is 19.2 Å². The van der Waals surface area contributed by atoms with Crippen molar-refractivity contribution in [3.63, 3.8) is 0 Å². The van der Waals surface area contributed by atoms with Gasteiger partial charge in [0.25, 0.3) is 17.7 Å². The Morgan fingerprint density at radius 2 is 1.86 bits per heavy atom. The predicted molar refractivity (Wildman–Crippen MR) is 101 cm³/mol. The van der Waals surface area contributed by atoms with Gasteiger partial charge in [0.1, 0.15) is 5.82 Å². The van der Waals surface area contributed by atoms with Crippen molar-refractivity contribution in [2.45, 2.75) is 6.54 Å². The van der Waals surface area contributed by atoms with Crippen LogP contribution in [0.15, 0.2) is 36.5 Å². The van der Waals surface area contributed by atoms with Gasteiger partial charge in [-0.3, -0.25) is 19.3 Å². The lowest BCUT2D eigenvalue weighted by Crippen LogP contribution is -2.36. The van der Waals surface area contributed by atoms with Crippen molar-refractivity contribution in [3.05, 3.63) is 58.8 Å². The van der Waals surface area contributed by atoms with Crippen molar-refractivity contribution in [2.75, 3.05) is 38.3 Å². The minimum atomic E-state index is -0.391. The summed E-state index contributed by atoms with van der Waals surface area (Å²) in [5.74, 6) is -0.157. The maximum absolute atomic E-state index is 12.4. The van der Waals surface area contributed by atoms with E-state index in [4.69, 9.17) is 4.74 Å². The van der Waals surface area contributed by atoms with E-state index < -0.39 is 5.91 Å². The zero-order chi connectivity index (χ0) is 19.7. The average Bonchev–Trinajstić information content (AvgIpc) is 2.96. The molecule has 3 heterocycles. The number of hydrogen-bond acceptors (Lipinski definition) is 6. The molecule has 3 amide bonds. The topological polar surface area (TPSA) is 91.8 Å². The number of anilines is 1. The van der Waals surface area contributed by atoms with E-state index in [0.717, 1.165) is 29.4 Å². The lowest BCUT2D eigenvalue weighted by atomic mass is 10.1. The number of nitrogens with zero attached hydrogens (tertiary/aromatic N) is 3. The van der Waals surface area contributed by atoms with E-state index in [-0.39, 0.29) is 17.4 Å². The fourth-order valence-electron chi connectivity index (χ4n) is 3.29. The molecule has 8 heteroatoms. The average molecular weight is 380 g/mol. The van der Waals surface area contributed by atoms with Crippen LogP contribution in [-0.4, -0.2) is 61.0 Å². The summed E-state index contributed by atoms with van der Waals surface area (Å²) in [5.41, 5.74) is 1.80. The normalized spacial score (nSPS) is 16.3. The summed E-state index contributed by atoms with van der Waals surface area (Å²) in [6.07, 6.45) is 1.74. The van der Waals surface area contributed by atoms with Gasteiger partial charge in [-0.25, -0.2) is 4.98 Å². The Labute approximate surface area is 162 Å². The summed E-state index contributed by atoms with van der Waals surface area (Å²) in [4.78, 5) is 44.1. The highest BCUT2D eigenvalue weighted by Gasteiger charge is 2.33. The molecular weight excluding hydrogens is 360 g/mol. The monoisotopic (exact) mass is 380 g/mol. The van der Waals surface area contributed by atoms with E-state index >= 15 is 0 Å². The first-order chi connectivity index (χ1) is 13.5. The van der Waals surface area contributed by atoms with Gasteiger partial charge in [-0.2, -0.15) is 0 Å². The number of carbonyl (C=O) groups is 3. The summed E-state index contributed by atoms with van der Waals surface area (Å²) in [6.45, 7) is 3.35. The molecule has 2 aromatic rings. The molecule has 1 saturated heterocycles. The van der Waals surface area contributed by atoms with E-state index in [9.17, 15) is 14.4 Å². The van der Waals surface area contributed by atoms with Crippen molar-refractivity contribution >= 4 is 23.5 Å². The summed E-state index contributed by atoms with van der Waals surface area (Å²) in [6, 6.07) is 8.40. The summed E-state index contributed by atoms with van der Waals surface area (Å²) in [7, 11) is 1.43. The van der Waals surface area contributed by atoms with Crippen LogP contribution in [0.25, 0.3) is 0 Å². The van der Waals surface area contributed by atoms with Gasteiger partial charge in [0.05, 0.1) is 24.3 Å². The highest BCUT2D eigenvalue weighted by Crippen LogP contribution is 2.22. The number of rotatable bonds is 4. The predicted octanol–water partition coefficient (Wildman–Crippen LogP) is 1.07. The smallest absolute Gasteiger partial charge is 0.261 e. The van der Waals surface area contributed by atoms with Gasteiger partial charge < -0.3 is 15.0 Å². The number of morpholine rings is 1. The Balaban J connectivity index is 1.40. The molecule has 0 bridgehead atoms. The Bertz CT molecular complexity index is 936. The molecule has 28 heavy (non-hydrogen) atoms. The first-order valence-electron chi connectivity index (χ1n) is 9.07. The molecule has 2 aliphatic rings. The Morgan fingerprint density at radius 3 is 2.57 bits per heavy atom. The SMILES string of the molecule is CN1C(=O)c2ccc(C(=O)NCc3ccc(N4CCOCC4)nc3)cc2C1=O. The molecule has 1 N–H and O–H groups in total. The third kappa shape index (κ3) is 3.34. The molecule has 0 saturated carbocycles. The van der Waals surface area contributed by atoms with Crippen LogP contribution in [0.1, 0.15) is 36.6 Å². The minimum Gasteiger partial charge on any atom is -0.378 e. The van der Waals surface area contributed by atoms with Crippen LogP contribution in [0, 0.1) is 0 Å². The van der Waals surface area contributed by atoms with E-state index in [0.29, 0.717) is 30.9 Å². The first-order valence-corrected chi connectivity index (χ1v) is 9.07. The van der Waals surface area contributed by atoms with Crippen LogP contribution < -0.4 is 10.2 Å². The molecule has 1 aromatic carbocycles. The lowest BCUT2D eigenvalue weighted by Gasteiger charge is -2.27. The van der Waals surface area contributed by atoms with Crippen molar-refractivity contribution in [2.24, 2.45) is 0 Å².